The highest BCUT2D eigenvalue weighted by molar-refractivity contribution is 14.1. The van der Waals surface area contributed by atoms with Crippen molar-refractivity contribution in [1.29, 1.82) is 0 Å². The summed E-state index contributed by atoms with van der Waals surface area (Å²) >= 11 is 2.15. The molecule has 1 N–H and O–H groups in total. The molecule has 1 saturated heterocycles. The summed E-state index contributed by atoms with van der Waals surface area (Å²) in [7, 11) is 0. The molecule has 0 bridgehead atoms. The van der Waals surface area contributed by atoms with E-state index in [0.717, 1.165) is 30.7 Å². The van der Waals surface area contributed by atoms with Gasteiger partial charge in [0.1, 0.15) is 12.2 Å². The lowest BCUT2D eigenvalue weighted by Crippen LogP contribution is -2.54. The quantitative estimate of drug-likeness (QED) is 0.206. The Kier molecular flexibility index (Phi) is 7.97. The topological polar surface area (TPSA) is 84.9 Å². The van der Waals surface area contributed by atoms with E-state index in [2.05, 4.69) is 34.0 Å². The molecule has 0 spiro atoms. The minimum Gasteiger partial charge on any atom is -0.490 e. The van der Waals surface area contributed by atoms with Gasteiger partial charge in [-0.1, -0.05) is 47.5 Å². The molecule has 4 amide bonds. The van der Waals surface area contributed by atoms with Gasteiger partial charge < -0.3 is 9.47 Å². The van der Waals surface area contributed by atoms with Crippen molar-refractivity contribution < 1.29 is 23.9 Å². The highest BCUT2D eigenvalue weighted by Crippen LogP contribution is 2.36. The van der Waals surface area contributed by atoms with E-state index >= 15 is 0 Å². The van der Waals surface area contributed by atoms with Crippen LogP contribution in [0.15, 0.2) is 60.2 Å². The first-order valence-corrected chi connectivity index (χ1v) is 12.9. The number of rotatable bonds is 7. The molecule has 7 nitrogen and oxygen atoms in total. The van der Waals surface area contributed by atoms with E-state index in [-0.39, 0.29) is 5.57 Å². The second-order valence-corrected chi connectivity index (χ2v) is 9.95. The molecule has 190 valence electrons. The SMILES string of the molecule is CCOc1cc(/C=C2\C(=O)NC(=O)N(c3ccc(C)cc3C)C2=O)cc(I)c1OCc1cccc(C)c1. The van der Waals surface area contributed by atoms with Crippen molar-refractivity contribution in [2.24, 2.45) is 0 Å². The molecule has 0 unspecified atom stereocenters. The summed E-state index contributed by atoms with van der Waals surface area (Å²) in [6.07, 6.45) is 1.47. The van der Waals surface area contributed by atoms with E-state index in [9.17, 15) is 14.4 Å². The molecule has 37 heavy (non-hydrogen) atoms. The Morgan fingerprint density at radius 2 is 1.70 bits per heavy atom. The molecule has 0 atom stereocenters. The van der Waals surface area contributed by atoms with Crippen molar-refractivity contribution in [2.75, 3.05) is 11.5 Å². The minimum atomic E-state index is -0.774. The lowest BCUT2D eigenvalue weighted by atomic mass is 10.0. The van der Waals surface area contributed by atoms with Crippen LogP contribution in [0, 0.1) is 24.3 Å². The van der Waals surface area contributed by atoms with Crippen molar-refractivity contribution in [1.82, 2.24) is 5.32 Å². The van der Waals surface area contributed by atoms with Crippen LogP contribution in [0.4, 0.5) is 10.5 Å². The van der Waals surface area contributed by atoms with Gasteiger partial charge in [-0.2, -0.15) is 0 Å². The van der Waals surface area contributed by atoms with E-state index in [1.165, 1.54) is 6.08 Å². The lowest BCUT2D eigenvalue weighted by Gasteiger charge is -2.27. The maximum absolute atomic E-state index is 13.4. The van der Waals surface area contributed by atoms with Gasteiger partial charge in [-0.25, -0.2) is 9.69 Å². The zero-order valence-corrected chi connectivity index (χ0v) is 23.2. The molecule has 4 rings (SSSR count). The fourth-order valence-electron chi connectivity index (χ4n) is 4.13. The van der Waals surface area contributed by atoms with Crippen molar-refractivity contribution in [3.05, 3.63) is 91.6 Å². The molecule has 1 fully saturated rings. The van der Waals surface area contributed by atoms with E-state index in [1.54, 1.807) is 18.2 Å². The Hall–Kier alpha value is -3.66. The van der Waals surface area contributed by atoms with Crippen molar-refractivity contribution in [3.8, 4) is 11.5 Å². The van der Waals surface area contributed by atoms with E-state index in [4.69, 9.17) is 9.47 Å². The van der Waals surface area contributed by atoms with Gasteiger partial charge in [-0.05, 0) is 91.3 Å². The number of benzene rings is 3. The highest BCUT2D eigenvalue weighted by atomic mass is 127. The predicted octanol–water partition coefficient (Wildman–Crippen LogP) is 5.86. The van der Waals surface area contributed by atoms with Crippen molar-refractivity contribution >= 4 is 52.2 Å². The smallest absolute Gasteiger partial charge is 0.335 e. The molecular weight excluding hydrogens is 583 g/mol. The molecule has 0 aliphatic carbocycles. The second kappa shape index (κ2) is 11.2. The van der Waals surface area contributed by atoms with Gasteiger partial charge in [0.25, 0.3) is 11.8 Å². The second-order valence-electron chi connectivity index (χ2n) is 8.79. The Bertz CT molecular complexity index is 1430. The first-order chi connectivity index (χ1) is 17.7. The first kappa shape index (κ1) is 26.4. The van der Waals surface area contributed by atoms with Gasteiger partial charge >= 0.3 is 6.03 Å². The number of urea groups is 1. The van der Waals surface area contributed by atoms with Crippen LogP contribution in [-0.4, -0.2) is 24.5 Å². The molecule has 0 radical (unpaired) electrons. The Morgan fingerprint density at radius 3 is 2.41 bits per heavy atom. The number of aryl methyl sites for hydroxylation is 3. The molecule has 3 aromatic carbocycles. The van der Waals surface area contributed by atoms with Crippen LogP contribution in [-0.2, 0) is 16.2 Å². The third kappa shape index (κ3) is 5.85. The average molecular weight is 610 g/mol. The summed E-state index contributed by atoms with van der Waals surface area (Å²) in [6, 6.07) is 16.2. The fraction of sp³-hybridized carbons (Fsp3) is 0.207. The first-order valence-electron chi connectivity index (χ1n) is 11.8. The molecule has 1 aliphatic rings. The van der Waals surface area contributed by atoms with Crippen LogP contribution in [0.5, 0.6) is 11.5 Å². The van der Waals surface area contributed by atoms with Gasteiger partial charge in [0.15, 0.2) is 11.5 Å². The summed E-state index contributed by atoms with van der Waals surface area (Å²) in [5.41, 5.74) is 4.78. The Morgan fingerprint density at radius 1 is 0.946 bits per heavy atom. The van der Waals surface area contributed by atoms with Crippen molar-refractivity contribution in [2.45, 2.75) is 34.3 Å². The molecule has 8 heteroatoms. The third-order valence-corrected chi connectivity index (χ3v) is 6.60. The summed E-state index contributed by atoms with van der Waals surface area (Å²) in [5.74, 6) is -0.352. The van der Waals surface area contributed by atoms with Crippen LogP contribution < -0.4 is 19.7 Å². The van der Waals surface area contributed by atoms with E-state index in [0.29, 0.717) is 36.0 Å². The summed E-state index contributed by atoms with van der Waals surface area (Å²) in [4.78, 5) is 39.6. The number of hydrogen-bond acceptors (Lipinski definition) is 5. The van der Waals surface area contributed by atoms with Gasteiger partial charge in [-0.15, -0.1) is 0 Å². The third-order valence-electron chi connectivity index (χ3n) is 5.80. The highest BCUT2D eigenvalue weighted by Gasteiger charge is 2.37. The minimum absolute atomic E-state index is 0.147. The summed E-state index contributed by atoms with van der Waals surface area (Å²) < 4.78 is 12.7. The fourth-order valence-corrected chi connectivity index (χ4v) is 4.91. The molecule has 0 aromatic heterocycles. The van der Waals surface area contributed by atoms with Gasteiger partial charge in [0.05, 0.1) is 15.9 Å². The number of anilines is 1. The monoisotopic (exact) mass is 610 g/mol. The van der Waals surface area contributed by atoms with E-state index < -0.39 is 17.8 Å². The number of amides is 4. The van der Waals surface area contributed by atoms with Crippen LogP contribution >= 0.6 is 22.6 Å². The predicted molar refractivity (Wildman–Crippen MR) is 151 cm³/mol. The summed E-state index contributed by atoms with van der Waals surface area (Å²) in [6.45, 7) is 8.41. The number of ether oxygens (including phenoxy) is 2. The standard InChI is InChI=1S/C29H27IN2O5/c1-5-36-25-15-21(14-23(30)26(25)37-16-20-8-6-7-17(2)12-20)13-22-27(33)31-29(35)32(28(22)34)24-10-9-18(3)11-19(24)4/h6-15H,5,16H2,1-4H3,(H,31,33,35)/b22-13+. The number of carbonyl (C=O) groups excluding carboxylic acids is 3. The number of nitrogens with zero attached hydrogens (tertiary/aromatic N) is 1. The molecular formula is C29H27IN2O5. The normalized spacial score (nSPS) is 14.7. The maximum atomic E-state index is 13.4. The summed E-state index contributed by atoms with van der Waals surface area (Å²) in [5, 5.41) is 2.28. The van der Waals surface area contributed by atoms with Crippen molar-refractivity contribution in [3.63, 3.8) is 0 Å². The molecule has 1 heterocycles. The Balaban J connectivity index is 1.67. The lowest BCUT2D eigenvalue weighted by molar-refractivity contribution is -0.122. The van der Waals surface area contributed by atoms with Crippen LogP contribution in [0.3, 0.4) is 0 Å². The zero-order valence-electron chi connectivity index (χ0n) is 21.1. The molecule has 0 saturated carbocycles. The number of halogens is 1. The van der Waals surface area contributed by atoms with E-state index in [1.807, 2.05) is 58.0 Å². The Labute approximate surface area is 229 Å². The average Bonchev–Trinajstić information content (AvgIpc) is 2.83. The maximum Gasteiger partial charge on any atom is 0.335 e. The number of hydrogen-bond donors (Lipinski definition) is 1. The van der Waals surface area contributed by atoms with Gasteiger partial charge in [0, 0.05) is 0 Å². The number of nitrogens with one attached hydrogen (secondary N) is 1. The number of carbonyl (C=O) groups is 3. The van der Waals surface area contributed by atoms with Crippen LogP contribution in [0.2, 0.25) is 0 Å². The molecule has 3 aromatic rings. The van der Waals surface area contributed by atoms with Gasteiger partial charge in [-0.3, -0.25) is 14.9 Å². The van der Waals surface area contributed by atoms with Gasteiger partial charge in [0.2, 0.25) is 0 Å². The zero-order chi connectivity index (χ0) is 26.7. The van der Waals surface area contributed by atoms with Crippen LogP contribution in [0.1, 0.15) is 34.7 Å². The number of barbiturate groups is 1. The van der Waals surface area contributed by atoms with Crippen LogP contribution in [0.25, 0.3) is 6.08 Å². The largest absolute Gasteiger partial charge is 0.490 e. The number of imide groups is 2. The molecule has 1 aliphatic heterocycles.